The summed E-state index contributed by atoms with van der Waals surface area (Å²) < 4.78 is 6.83. The van der Waals surface area contributed by atoms with E-state index in [0.29, 0.717) is 17.9 Å². The number of likely N-dealkylation sites (N-methyl/N-ethyl adjacent to an activating group) is 1. The van der Waals surface area contributed by atoms with Crippen LogP contribution in [-0.4, -0.2) is 63.1 Å². The number of ether oxygens (including phenoxy) is 1. The average Bonchev–Trinajstić information content (AvgIpc) is 3.01. The van der Waals surface area contributed by atoms with Crippen LogP contribution in [0.2, 0.25) is 0 Å². The first-order chi connectivity index (χ1) is 11.2. The van der Waals surface area contributed by atoms with Crippen LogP contribution in [0.25, 0.3) is 5.65 Å². The lowest BCUT2D eigenvalue weighted by atomic mass is 10.1. The Labute approximate surface area is 132 Å². The summed E-state index contributed by atoms with van der Waals surface area (Å²) in [6, 6.07) is 5.95. The van der Waals surface area contributed by atoms with Crippen LogP contribution < -0.4 is 14.5 Å². The summed E-state index contributed by atoms with van der Waals surface area (Å²) in [5.74, 6) is 2.14. The van der Waals surface area contributed by atoms with Crippen molar-refractivity contribution in [2.24, 2.45) is 0 Å². The smallest absolute Gasteiger partial charge is 0.228 e. The standard InChI is InChI=1S/C14H16N8O/c1-20(14-15-6-5-13(17-14)23-2)10-7-21(8-10)12-4-3-11-18-16-9-22(11)19-12/h3-6,9-10H,7-8H2,1-2H3. The molecule has 1 aliphatic rings. The van der Waals surface area contributed by atoms with Crippen molar-refractivity contribution in [2.45, 2.75) is 6.04 Å². The molecule has 4 rings (SSSR count). The minimum atomic E-state index is 0.334. The number of hydrogen-bond acceptors (Lipinski definition) is 8. The number of fused-ring (bicyclic) bond motifs is 1. The predicted molar refractivity (Wildman–Crippen MR) is 83.8 cm³/mol. The highest BCUT2D eigenvalue weighted by Crippen LogP contribution is 2.23. The van der Waals surface area contributed by atoms with E-state index >= 15 is 0 Å². The van der Waals surface area contributed by atoms with Gasteiger partial charge in [-0.1, -0.05) is 0 Å². The monoisotopic (exact) mass is 312 g/mol. The maximum Gasteiger partial charge on any atom is 0.228 e. The van der Waals surface area contributed by atoms with Crippen molar-refractivity contribution in [3.05, 3.63) is 30.7 Å². The maximum absolute atomic E-state index is 5.15. The summed E-state index contributed by atoms with van der Waals surface area (Å²) in [7, 11) is 3.59. The van der Waals surface area contributed by atoms with E-state index in [9.17, 15) is 0 Å². The molecule has 0 amide bonds. The number of anilines is 2. The topological polar surface area (TPSA) is 84.6 Å². The van der Waals surface area contributed by atoms with Crippen molar-refractivity contribution >= 4 is 17.4 Å². The lowest BCUT2D eigenvalue weighted by molar-refractivity contribution is 0.395. The largest absolute Gasteiger partial charge is 0.481 e. The zero-order chi connectivity index (χ0) is 15.8. The summed E-state index contributed by atoms with van der Waals surface area (Å²) in [5, 5.41) is 12.3. The first-order valence-electron chi connectivity index (χ1n) is 7.26. The van der Waals surface area contributed by atoms with Gasteiger partial charge < -0.3 is 14.5 Å². The third-order valence-corrected chi connectivity index (χ3v) is 4.02. The Morgan fingerprint density at radius 3 is 2.96 bits per heavy atom. The lowest BCUT2D eigenvalue weighted by Crippen LogP contribution is -2.59. The zero-order valence-electron chi connectivity index (χ0n) is 12.9. The highest BCUT2D eigenvalue weighted by Gasteiger charge is 2.32. The van der Waals surface area contributed by atoms with Crippen molar-refractivity contribution in [3.8, 4) is 5.88 Å². The van der Waals surface area contributed by atoms with Gasteiger partial charge in [-0.3, -0.25) is 0 Å². The van der Waals surface area contributed by atoms with Crippen molar-refractivity contribution in [1.82, 2.24) is 29.8 Å². The minimum Gasteiger partial charge on any atom is -0.481 e. The van der Waals surface area contributed by atoms with Gasteiger partial charge in [-0.15, -0.1) is 15.3 Å². The second-order valence-electron chi connectivity index (χ2n) is 5.39. The number of rotatable bonds is 4. The molecule has 1 aliphatic heterocycles. The Morgan fingerprint density at radius 1 is 1.26 bits per heavy atom. The molecule has 23 heavy (non-hydrogen) atoms. The van der Waals surface area contributed by atoms with Gasteiger partial charge in [0.05, 0.1) is 13.2 Å². The Kier molecular flexibility index (Phi) is 3.18. The summed E-state index contributed by atoms with van der Waals surface area (Å²) in [6.45, 7) is 1.72. The molecule has 1 fully saturated rings. The molecule has 4 heterocycles. The Bertz CT molecular complexity index is 828. The average molecular weight is 312 g/mol. The highest BCUT2D eigenvalue weighted by molar-refractivity contribution is 5.49. The van der Waals surface area contributed by atoms with E-state index in [2.05, 4.69) is 35.1 Å². The quantitative estimate of drug-likeness (QED) is 0.678. The summed E-state index contributed by atoms with van der Waals surface area (Å²) >= 11 is 0. The Hall–Kier alpha value is -2.97. The molecule has 0 aliphatic carbocycles. The first kappa shape index (κ1) is 13.7. The molecule has 118 valence electrons. The molecule has 0 radical (unpaired) electrons. The van der Waals surface area contributed by atoms with E-state index in [0.717, 1.165) is 24.6 Å². The molecule has 0 N–H and O–H groups in total. The first-order valence-corrected chi connectivity index (χ1v) is 7.26. The van der Waals surface area contributed by atoms with Crippen LogP contribution in [-0.2, 0) is 0 Å². The van der Waals surface area contributed by atoms with Crippen LogP contribution in [0.1, 0.15) is 0 Å². The van der Waals surface area contributed by atoms with Gasteiger partial charge in [0.2, 0.25) is 11.8 Å². The van der Waals surface area contributed by atoms with Gasteiger partial charge in [0, 0.05) is 32.4 Å². The molecule has 1 saturated heterocycles. The van der Waals surface area contributed by atoms with Crippen LogP contribution in [0.5, 0.6) is 5.88 Å². The molecule has 0 bridgehead atoms. The Balaban J connectivity index is 1.45. The van der Waals surface area contributed by atoms with E-state index < -0.39 is 0 Å². The number of methoxy groups -OCH3 is 1. The normalized spacial score (nSPS) is 14.8. The van der Waals surface area contributed by atoms with Crippen LogP contribution in [0, 0.1) is 0 Å². The third-order valence-electron chi connectivity index (χ3n) is 4.02. The molecule has 0 unspecified atom stereocenters. The zero-order valence-corrected chi connectivity index (χ0v) is 12.9. The molecule has 9 heteroatoms. The molecular weight excluding hydrogens is 296 g/mol. The van der Waals surface area contributed by atoms with Crippen LogP contribution in [0.15, 0.2) is 30.7 Å². The van der Waals surface area contributed by atoms with Crippen molar-refractivity contribution in [2.75, 3.05) is 37.0 Å². The van der Waals surface area contributed by atoms with E-state index in [-0.39, 0.29) is 0 Å². The van der Waals surface area contributed by atoms with Gasteiger partial charge in [-0.25, -0.2) is 4.98 Å². The van der Waals surface area contributed by atoms with Gasteiger partial charge in [0.25, 0.3) is 0 Å². The van der Waals surface area contributed by atoms with Gasteiger partial charge >= 0.3 is 0 Å². The van der Waals surface area contributed by atoms with Crippen molar-refractivity contribution < 1.29 is 4.74 Å². The van der Waals surface area contributed by atoms with E-state index in [1.807, 2.05) is 19.2 Å². The molecule has 9 nitrogen and oxygen atoms in total. The maximum atomic E-state index is 5.15. The molecule has 3 aromatic rings. The number of nitrogens with zero attached hydrogens (tertiary/aromatic N) is 8. The van der Waals surface area contributed by atoms with Crippen LogP contribution in [0.4, 0.5) is 11.8 Å². The van der Waals surface area contributed by atoms with Crippen molar-refractivity contribution in [3.63, 3.8) is 0 Å². The fourth-order valence-electron chi connectivity index (χ4n) is 2.55. The summed E-state index contributed by atoms with van der Waals surface area (Å²) in [4.78, 5) is 12.9. The van der Waals surface area contributed by atoms with Crippen LogP contribution in [0.3, 0.4) is 0 Å². The molecule has 0 atom stereocenters. The van der Waals surface area contributed by atoms with E-state index in [4.69, 9.17) is 4.74 Å². The molecule has 0 aromatic carbocycles. The molecule has 3 aromatic heterocycles. The van der Waals surface area contributed by atoms with Crippen LogP contribution >= 0.6 is 0 Å². The van der Waals surface area contributed by atoms with Gasteiger partial charge in [0.1, 0.15) is 12.1 Å². The van der Waals surface area contributed by atoms with Gasteiger partial charge in [0.15, 0.2) is 5.65 Å². The highest BCUT2D eigenvalue weighted by atomic mass is 16.5. The van der Waals surface area contributed by atoms with E-state index in [1.54, 1.807) is 30.2 Å². The molecule has 0 spiro atoms. The van der Waals surface area contributed by atoms with E-state index in [1.165, 1.54) is 0 Å². The summed E-state index contributed by atoms with van der Waals surface area (Å²) in [6.07, 6.45) is 3.31. The molecule has 0 saturated carbocycles. The van der Waals surface area contributed by atoms with Gasteiger partial charge in [-0.05, 0) is 12.1 Å². The second-order valence-corrected chi connectivity index (χ2v) is 5.39. The Morgan fingerprint density at radius 2 is 2.13 bits per heavy atom. The number of aromatic nitrogens is 6. The second kappa shape index (κ2) is 5.34. The minimum absolute atomic E-state index is 0.334. The fraction of sp³-hybridized carbons (Fsp3) is 0.357. The van der Waals surface area contributed by atoms with Crippen molar-refractivity contribution in [1.29, 1.82) is 0 Å². The molecular formula is C14H16N8O. The lowest BCUT2D eigenvalue weighted by Gasteiger charge is -2.44. The third kappa shape index (κ3) is 2.39. The predicted octanol–water partition coefficient (Wildman–Crippen LogP) is 0.248. The number of hydrogen-bond donors (Lipinski definition) is 0. The SMILES string of the molecule is COc1ccnc(N(C)C2CN(c3ccc4nncn4n3)C2)n1. The summed E-state index contributed by atoms with van der Waals surface area (Å²) in [5.41, 5.74) is 0.743. The van der Waals surface area contributed by atoms with Gasteiger partial charge in [-0.2, -0.15) is 9.50 Å². The fourth-order valence-corrected chi connectivity index (χ4v) is 2.55.